The number of benzene rings is 1. The summed E-state index contributed by atoms with van der Waals surface area (Å²) in [5, 5.41) is 15.3. The number of ether oxygens (including phenoxy) is 1. The fourth-order valence-corrected chi connectivity index (χ4v) is 5.50. The van der Waals surface area contributed by atoms with Crippen molar-refractivity contribution in [2.45, 2.75) is 26.7 Å². The lowest BCUT2D eigenvalue weighted by Gasteiger charge is -2.30. The Kier molecular flexibility index (Phi) is 7.82. The van der Waals surface area contributed by atoms with E-state index in [0.29, 0.717) is 67.1 Å². The van der Waals surface area contributed by atoms with Gasteiger partial charge in [-0.25, -0.2) is 14.8 Å². The standard InChI is InChI=1S/C27H29N7O4S/c1-3-28-26(37)33-27-31-21-14-17(13-18(22(21)39-27)20-7-5-6-10-29-20)19-15-30-25(32-23(19)38-4-2)34-11-8-16(9-12-34)24(35)36/h5-7,10,13-16H,3-4,8-9,11-12H2,1-2H3,(H,35,36)(H2,28,31,33,37). The van der Waals surface area contributed by atoms with Crippen LogP contribution in [0, 0.1) is 5.92 Å². The summed E-state index contributed by atoms with van der Waals surface area (Å²) in [7, 11) is 0. The number of nitrogens with one attached hydrogen (secondary N) is 2. The van der Waals surface area contributed by atoms with Gasteiger partial charge in [0.15, 0.2) is 5.13 Å². The second-order valence-electron chi connectivity index (χ2n) is 9.01. The molecule has 202 valence electrons. The van der Waals surface area contributed by atoms with E-state index in [1.165, 1.54) is 11.3 Å². The third-order valence-corrected chi connectivity index (χ3v) is 7.47. The van der Waals surface area contributed by atoms with Crippen molar-refractivity contribution in [3.63, 3.8) is 0 Å². The highest BCUT2D eigenvalue weighted by Gasteiger charge is 2.26. The van der Waals surface area contributed by atoms with Gasteiger partial charge < -0.3 is 20.1 Å². The molecular formula is C27H29N7O4S. The number of piperidine rings is 1. The molecule has 0 spiro atoms. The van der Waals surface area contributed by atoms with E-state index in [1.807, 2.05) is 49.1 Å². The zero-order valence-electron chi connectivity index (χ0n) is 21.7. The minimum Gasteiger partial charge on any atom is -0.481 e. The molecule has 11 nitrogen and oxygen atoms in total. The number of rotatable bonds is 8. The molecule has 1 fully saturated rings. The van der Waals surface area contributed by atoms with Gasteiger partial charge in [-0.1, -0.05) is 17.4 Å². The topological polar surface area (TPSA) is 142 Å². The minimum atomic E-state index is -0.758. The van der Waals surface area contributed by atoms with Crippen LogP contribution in [-0.4, -0.2) is 63.3 Å². The highest BCUT2D eigenvalue weighted by atomic mass is 32.1. The number of thiazole rings is 1. The number of hydrogen-bond acceptors (Lipinski definition) is 9. The van der Waals surface area contributed by atoms with Crippen molar-refractivity contribution in [2.75, 3.05) is 36.5 Å². The van der Waals surface area contributed by atoms with Crippen molar-refractivity contribution in [3.05, 3.63) is 42.7 Å². The normalized spacial score (nSPS) is 13.8. The molecule has 12 heteroatoms. The number of pyridine rings is 1. The van der Waals surface area contributed by atoms with E-state index in [0.717, 1.165) is 21.5 Å². The number of amides is 2. The van der Waals surface area contributed by atoms with E-state index in [1.54, 1.807) is 12.4 Å². The summed E-state index contributed by atoms with van der Waals surface area (Å²) >= 11 is 1.38. The van der Waals surface area contributed by atoms with Crippen molar-refractivity contribution in [1.82, 2.24) is 25.3 Å². The van der Waals surface area contributed by atoms with E-state index in [2.05, 4.69) is 25.6 Å². The van der Waals surface area contributed by atoms with Crippen LogP contribution >= 0.6 is 11.3 Å². The molecule has 3 N–H and O–H groups in total. The number of aromatic nitrogens is 4. The molecule has 1 aliphatic heterocycles. The Morgan fingerprint density at radius 3 is 2.64 bits per heavy atom. The lowest BCUT2D eigenvalue weighted by atomic mass is 9.97. The molecule has 0 unspecified atom stereocenters. The number of fused-ring (bicyclic) bond motifs is 1. The van der Waals surface area contributed by atoms with Crippen molar-refractivity contribution in [1.29, 1.82) is 0 Å². The molecule has 1 aromatic carbocycles. The number of aliphatic carboxylic acids is 1. The number of carboxylic acid groups (broad SMARTS) is 1. The van der Waals surface area contributed by atoms with E-state index in [9.17, 15) is 14.7 Å². The predicted molar refractivity (Wildman–Crippen MR) is 150 cm³/mol. The Labute approximate surface area is 229 Å². The first kappa shape index (κ1) is 26.3. The van der Waals surface area contributed by atoms with Gasteiger partial charge in [-0.3, -0.25) is 15.1 Å². The summed E-state index contributed by atoms with van der Waals surface area (Å²) < 4.78 is 6.84. The molecule has 1 aliphatic rings. The van der Waals surface area contributed by atoms with Gasteiger partial charge in [0.1, 0.15) is 0 Å². The molecule has 5 rings (SSSR count). The predicted octanol–water partition coefficient (Wildman–Crippen LogP) is 4.66. The summed E-state index contributed by atoms with van der Waals surface area (Å²) in [6, 6.07) is 9.34. The number of anilines is 2. The molecule has 2 amide bonds. The zero-order chi connectivity index (χ0) is 27.4. The van der Waals surface area contributed by atoms with Crippen LogP contribution in [0.3, 0.4) is 0 Å². The first-order valence-electron chi connectivity index (χ1n) is 12.9. The molecule has 0 atom stereocenters. The average molecular weight is 548 g/mol. The molecule has 0 radical (unpaired) electrons. The molecular weight excluding hydrogens is 518 g/mol. The Bertz CT molecular complexity index is 1490. The number of carbonyl (C=O) groups excluding carboxylic acids is 1. The zero-order valence-corrected chi connectivity index (χ0v) is 22.5. The Balaban J connectivity index is 1.55. The molecule has 4 aromatic rings. The fraction of sp³-hybridized carbons (Fsp3) is 0.333. The number of carbonyl (C=O) groups is 2. The van der Waals surface area contributed by atoms with Gasteiger partial charge in [-0.2, -0.15) is 4.98 Å². The first-order chi connectivity index (χ1) is 19.0. The Morgan fingerprint density at radius 1 is 1.13 bits per heavy atom. The summed E-state index contributed by atoms with van der Waals surface area (Å²) in [5.41, 5.74) is 3.84. The van der Waals surface area contributed by atoms with E-state index >= 15 is 0 Å². The summed E-state index contributed by atoms with van der Waals surface area (Å²) in [5.74, 6) is -0.148. The van der Waals surface area contributed by atoms with Gasteiger partial charge >= 0.3 is 12.0 Å². The monoisotopic (exact) mass is 547 g/mol. The number of urea groups is 1. The third kappa shape index (κ3) is 5.75. The maximum Gasteiger partial charge on any atom is 0.321 e. The third-order valence-electron chi connectivity index (χ3n) is 6.45. The van der Waals surface area contributed by atoms with Gasteiger partial charge in [0.05, 0.1) is 34.0 Å². The van der Waals surface area contributed by atoms with E-state index in [4.69, 9.17) is 9.72 Å². The van der Waals surface area contributed by atoms with Crippen LogP contribution in [0.2, 0.25) is 0 Å². The van der Waals surface area contributed by atoms with Crippen molar-refractivity contribution < 1.29 is 19.4 Å². The molecule has 1 saturated heterocycles. The molecule has 39 heavy (non-hydrogen) atoms. The van der Waals surface area contributed by atoms with Crippen LogP contribution in [0.25, 0.3) is 32.6 Å². The fourth-order valence-electron chi connectivity index (χ4n) is 4.54. The van der Waals surface area contributed by atoms with Gasteiger partial charge in [0, 0.05) is 37.6 Å². The first-order valence-corrected chi connectivity index (χ1v) is 13.7. The van der Waals surface area contributed by atoms with Gasteiger partial charge in [-0.15, -0.1) is 0 Å². The van der Waals surface area contributed by atoms with Gasteiger partial charge in [0.25, 0.3) is 0 Å². The van der Waals surface area contributed by atoms with Crippen LogP contribution in [0.4, 0.5) is 15.9 Å². The van der Waals surface area contributed by atoms with Crippen LogP contribution < -0.4 is 20.3 Å². The Morgan fingerprint density at radius 2 is 1.95 bits per heavy atom. The maximum atomic E-state index is 12.1. The smallest absolute Gasteiger partial charge is 0.321 e. The number of hydrogen-bond donors (Lipinski definition) is 3. The van der Waals surface area contributed by atoms with Crippen molar-refractivity contribution in [3.8, 4) is 28.3 Å². The van der Waals surface area contributed by atoms with E-state index in [-0.39, 0.29) is 11.9 Å². The minimum absolute atomic E-state index is 0.314. The second-order valence-corrected chi connectivity index (χ2v) is 10.0. The second kappa shape index (κ2) is 11.6. The highest BCUT2D eigenvalue weighted by molar-refractivity contribution is 7.22. The van der Waals surface area contributed by atoms with Crippen LogP contribution in [0.1, 0.15) is 26.7 Å². The number of nitrogens with zero attached hydrogens (tertiary/aromatic N) is 5. The van der Waals surface area contributed by atoms with Gasteiger partial charge in [0.2, 0.25) is 11.8 Å². The largest absolute Gasteiger partial charge is 0.481 e. The lowest BCUT2D eigenvalue weighted by molar-refractivity contribution is -0.142. The molecule has 0 aliphatic carbocycles. The molecule has 4 heterocycles. The highest BCUT2D eigenvalue weighted by Crippen LogP contribution is 2.40. The van der Waals surface area contributed by atoms with Crippen LogP contribution in [0.15, 0.2) is 42.7 Å². The molecule has 0 saturated carbocycles. The SMILES string of the molecule is CCNC(=O)Nc1nc2cc(-c3cnc(N4CCC(C(=O)O)CC4)nc3OCC)cc(-c3ccccn3)c2s1. The Hall–Kier alpha value is -4.32. The molecule has 0 bridgehead atoms. The summed E-state index contributed by atoms with van der Waals surface area (Å²) in [4.78, 5) is 44.0. The van der Waals surface area contributed by atoms with E-state index < -0.39 is 5.97 Å². The maximum absolute atomic E-state index is 12.1. The summed E-state index contributed by atoms with van der Waals surface area (Å²) in [6.45, 7) is 5.80. The van der Waals surface area contributed by atoms with Gasteiger partial charge in [-0.05, 0) is 56.5 Å². The van der Waals surface area contributed by atoms with Crippen molar-refractivity contribution in [2.24, 2.45) is 5.92 Å². The van der Waals surface area contributed by atoms with Crippen LogP contribution in [0.5, 0.6) is 5.88 Å². The molecule has 3 aromatic heterocycles. The van der Waals surface area contributed by atoms with Crippen LogP contribution in [-0.2, 0) is 4.79 Å². The van der Waals surface area contributed by atoms with Crippen molar-refractivity contribution >= 4 is 44.6 Å². The number of carboxylic acids is 1. The summed E-state index contributed by atoms with van der Waals surface area (Å²) in [6.07, 6.45) is 4.57. The average Bonchev–Trinajstić information content (AvgIpc) is 3.35. The quantitative estimate of drug-likeness (QED) is 0.287. The lowest BCUT2D eigenvalue weighted by Crippen LogP contribution is -2.37.